The molecular formula is C11H18N4O3. The first-order valence-corrected chi connectivity index (χ1v) is 5.77. The van der Waals surface area contributed by atoms with Crippen LogP contribution >= 0.6 is 0 Å². The lowest BCUT2D eigenvalue weighted by molar-refractivity contribution is -0.139. The van der Waals surface area contributed by atoms with Crippen molar-refractivity contribution in [3.63, 3.8) is 0 Å². The van der Waals surface area contributed by atoms with E-state index < -0.39 is 18.0 Å². The summed E-state index contributed by atoms with van der Waals surface area (Å²) in [4.78, 5) is 22.3. The summed E-state index contributed by atoms with van der Waals surface area (Å²) in [5.41, 5.74) is 0.856. The summed E-state index contributed by atoms with van der Waals surface area (Å²) in [5, 5.41) is 17.9. The van der Waals surface area contributed by atoms with E-state index in [-0.39, 0.29) is 0 Å². The van der Waals surface area contributed by atoms with Crippen molar-refractivity contribution in [3.8, 4) is 0 Å². The second-order valence-electron chi connectivity index (χ2n) is 4.03. The minimum Gasteiger partial charge on any atom is -0.480 e. The molecule has 100 valence electrons. The Morgan fingerprint density at radius 3 is 2.78 bits per heavy atom. The molecule has 2 amide bonds. The molecule has 0 aliphatic heterocycles. The lowest BCUT2D eigenvalue weighted by Crippen LogP contribution is -2.45. The molecular weight excluding hydrogens is 236 g/mol. The van der Waals surface area contributed by atoms with Gasteiger partial charge in [-0.05, 0) is 6.42 Å². The van der Waals surface area contributed by atoms with E-state index in [2.05, 4.69) is 15.7 Å². The summed E-state index contributed by atoms with van der Waals surface area (Å²) in [6.45, 7) is 2.18. The number of urea groups is 1. The number of carboxylic acids is 1. The Labute approximate surface area is 105 Å². The molecule has 7 nitrogen and oxygen atoms in total. The van der Waals surface area contributed by atoms with Gasteiger partial charge in [0, 0.05) is 25.4 Å². The number of hydrogen-bond acceptors (Lipinski definition) is 3. The minimum absolute atomic E-state index is 0.318. The van der Waals surface area contributed by atoms with Crippen molar-refractivity contribution < 1.29 is 14.7 Å². The molecule has 0 fully saturated rings. The van der Waals surface area contributed by atoms with Gasteiger partial charge in [-0.1, -0.05) is 13.3 Å². The molecule has 1 aromatic rings. The van der Waals surface area contributed by atoms with Gasteiger partial charge in [0.1, 0.15) is 6.04 Å². The van der Waals surface area contributed by atoms with Crippen LogP contribution in [0, 0.1) is 0 Å². The Balaban J connectivity index is 2.38. The number of carbonyl (C=O) groups excluding carboxylic acids is 1. The van der Waals surface area contributed by atoms with E-state index in [1.54, 1.807) is 24.1 Å². The Bertz CT molecular complexity index is 416. The number of aromatic nitrogens is 2. The SMILES string of the molecule is CCCC(NC(=O)NCc1cnn(C)c1)C(=O)O. The maximum absolute atomic E-state index is 11.5. The predicted molar refractivity (Wildman–Crippen MR) is 64.9 cm³/mol. The van der Waals surface area contributed by atoms with Gasteiger partial charge in [0.05, 0.1) is 6.20 Å². The number of hydrogen-bond donors (Lipinski definition) is 3. The number of aryl methyl sites for hydroxylation is 1. The van der Waals surface area contributed by atoms with E-state index in [4.69, 9.17) is 5.11 Å². The van der Waals surface area contributed by atoms with Crippen LogP contribution in [0.2, 0.25) is 0 Å². The van der Waals surface area contributed by atoms with Crippen LogP contribution < -0.4 is 10.6 Å². The summed E-state index contributed by atoms with van der Waals surface area (Å²) in [7, 11) is 1.78. The van der Waals surface area contributed by atoms with Gasteiger partial charge in [-0.15, -0.1) is 0 Å². The molecule has 7 heteroatoms. The number of nitrogens with zero attached hydrogens (tertiary/aromatic N) is 2. The monoisotopic (exact) mass is 254 g/mol. The fourth-order valence-electron chi connectivity index (χ4n) is 1.50. The van der Waals surface area contributed by atoms with Crippen LogP contribution in [0.25, 0.3) is 0 Å². The molecule has 3 N–H and O–H groups in total. The lowest BCUT2D eigenvalue weighted by atomic mass is 10.2. The molecule has 0 aliphatic rings. The Morgan fingerprint density at radius 2 is 2.28 bits per heavy atom. The molecule has 1 rings (SSSR count). The van der Waals surface area contributed by atoms with Crippen LogP contribution in [0.4, 0.5) is 4.79 Å². The van der Waals surface area contributed by atoms with Crippen molar-refractivity contribution in [3.05, 3.63) is 18.0 Å². The minimum atomic E-state index is -1.02. The first kappa shape index (κ1) is 14.0. The quantitative estimate of drug-likeness (QED) is 0.687. The first-order chi connectivity index (χ1) is 8.52. The van der Waals surface area contributed by atoms with Crippen molar-refractivity contribution in [1.82, 2.24) is 20.4 Å². The summed E-state index contributed by atoms with van der Waals surface area (Å²) < 4.78 is 1.63. The second kappa shape index (κ2) is 6.63. The van der Waals surface area contributed by atoms with Crippen LogP contribution in [0.1, 0.15) is 25.3 Å². The lowest BCUT2D eigenvalue weighted by Gasteiger charge is -2.13. The number of carboxylic acid groups (broad SMARTS) is 1. The third-order valence-electron chi connectivity index (χ3n) is 2.39. The average molecular weight is 254 g/mol. The molecule has 1 heterocycles. The summed E-state index contributed by atoms with van der Waals surface area (Å²) in [6.07, 6.45) is 4.53. The largest absolute Gasteiger partial charge is 0.480 e. The maximum Gasteiger partial charge on any atom is 0.326 e. The fourth-order valence-corrected chi connectivity index (χ4v) is 1.50. The van der Waals surface area contributed by atoms with Gasteiger partial charge in [0.15, 0.2) is 0 Å². The van der Waals surface area contributed by atoms with Gasteiger partial charge in [0.2, 0.25) is 0 Å². The van der Waals surface area contributed by atoms with Crippen molar-refractivity contribution in [2.45, 2.75) is 32.4 Å². The van der Waals surface area contributed by atoms with E-state index in [1.165, 1.54) is 0 Å². The van der Waals surface area contributed by atoms with Crippen LogP contribution in [-0.4, -0.2) is 32.9 Å². The van der Waals surface area contributed by atoms with Crippen LogP contribution in [-0.2, 0) is 18.4 Å². The smallest absolute Gasteiger partial charge is 0.326 e. The van der Waals surface area contributed by atoms with E-state index in [0.29, 0.717) is 19.4 Å². The number of amides is 2. The molecule has 0 bridgehead atoms. The number of aliphatic carboxylic acids is 1. The molecule has 0 saturated heterocycles. The summed E-state index contributed by atoms with van der Waals surface area (Å²) in [5.74, 6) is -1.02. The molecule has 1 unspecified atom stereocenters. The topological polar surface area (TPSA) is 96.3 Å². The van der Waals surface area contributed by atoms with Crippen molar-refractivity contribution in [1.29, 1.82) is 0 Å². The highest BCUT2D eigenvalue weighted by atomic mass is 16.4. The van der Waals surface area contributed by atoms with E-state index in [9.17, 15) is 9.59 Å². The molecule has 0 aromatic carbocycles. The number of nitrogens with one attached hydrogen (secondary N) is 2. The second-order valence-corrected chi connectivity index (χ2v) is 4.03. The standard InChI is InChI=1S/C11H18N4O3/c1-3-4-9(10(16)17)14-11(18)12-5-8-6-13-15(2)7-8/h6-7,9H,3-5H2,1-2H3,(H,16,17)(H2,12,14,18). The third-order valence-corrected chi connectivity index (χ3v) is 2.39. The number of rotatable bonds is 6. The molecule has 1 aromatic heterocycles. The summed E-state index contributed by atoms with van der Waals surface area (Å²) >= 11 is 0. The molecule has 0 radical (unpaired) electrons. The van der Waals surface area contributed by atoms with E-state index in [0.717, 1.165) is 5.56 Å². The highest BCUT2D eigenvalue weighted by Gasteiger charge is 2.18. The Morgan fingerprint density at radius 1 is 1.56 bits per heavy atom. The van der Waals surface area contributed by atoms with Crippen LogP contribution in [0.3, 0.4) is 0 Å². The Hall–Kier alpha value is -2.05. The maximum atomic E-state index is 11.5. The zero-order valence-corrected chi connectivity index (χ0v) is 10.5. The molecule has 1 atom stereocenters. The molecule has 0 spiro atoms. The van der Waals surface area contributed by atoms with Gasteiger partial charge < -0.3 is 15.7 Å². The molecule has 0 saturated carbocycles. The third kappa shape index (κ3) is 4.44. The van der Waals surface area contributed by atoms with Crippen molar-refractivity contribution in [2.75, 3.05) is 0 Å². The highest BCUT2D eigenvalue weighted by Crippen LogP contribution is 1.98. The molecule has 0 aliphatic carbocycles. The van der Waals surface area contributed by atoms with Gasteiger partial charge in [-0.2, -0.15) is 5.10 Å². The normalized spacial score (nSPS) is 11.9. The highest BCUT2D eigenvalue weighted by molar-refractivity contribution is 5.82. The van der Waals surface area contributed by atoms with Crippen LogP contribution in [0.15, 0.2) is 12.4 Å². The van der Waals surface area contributed by atoms with E-state index >= 15 is 0 Å². The zero-order chi connectivity index (χ0) is 13.5. The van der Waals surface area contributed by atoms with Gasteiger partial charge in [-0.3, -0.25) is 4.68 Å². The predicted octanol–water partition coefficient (Wildman–Crippen LogP) is 0.473. The van der Waals surface area contributed by atoms with Crippen molar-refractivity contribution in [2.24, 2.45) is 7.05 Å². The van der Waals surface area contributed by atoms with E-state index in [1.807, 2.05) is 6.92 Å². The first-order valence-electron chi connectivity index (χ1n) is 5.77. The fraction of sp³-hybridized carbons (Fsp3) is 0.545. The van der Waals surface area contributed by atoms with Crippen molar-refractivity contribution >= 4 is 12.0 Å². The van der Waals surface area contributed by atoms with Gasteiger partial charge in [0.25, 0.3) is 0 Å². The van der Waals surface area contributed by atoms with Gasteiger partial charge >= 0.3 is 12.0 Å². The average Bonchev–Trinajstić information content (AvgIpc) is 2.72. The zero-order valence-electron chi connectivity index (χ0n) is 10.5. The number of carbonyl (C=O) groups is 2. The Kier molecular flexibility index (Phi) is 5.16. The summed E-state index contributed by atoms with van der Waals surface area (Å²) in [6, 6.07) is -1.33. The van der Waals surface area contributed by atoms with Crippen LogP contribution in [0.5, 0.6) is 0 Å². The van der Waals surface area contributed by atoms with Gasteiger partial charge in [-0.25, -0.2) is 9.59 Å². The molecule has 18 heavy (non-hydrogen) atoms.